The van der Waals surface area contributed by atoms with Gasteiger partial charge in [0.1, 0.15) is 0 Å². The summed E-state index contributed by atoms with van der Waals surface area (Å²) in [6.07, 6.45) is 2.00. The molecule has 2 aromatic carbocycles. The van der Waals surface area contributed by atoms with Crippen LogP contribution in [0.2, 0.25) is 0 Å². The highest BCUT2D eigenvalue weighted by atomic mass is 32.2. The molecule has 0 saturated heterocycles. The summed E-state index contributed by atoms with van der Waals surface area (Å²) in [5, 5.41) is 6.64. The minimum Gasteiger partial charge on any atom is -0.356 e. The molecule has 0 aliphatic rings. The molecule has 0 saturated carbocycles. The molecule has 2 N–H and O–H groups in total. The lowest BCUT2D eigenvalue weighted by Gasteiger charge is -2.15. The van der Waals surface area contributed by atoms with E-state index in [1.165, 1.54) is 17.4 Å². The zero-order valence-corrected chi connectivity index (χ0v) is 18.6. The first-order valence-corrected chi connectivity index (χ1v) is 11.7. The number of nitrogens with zero attached hydrogens (tertiary/aromatic N) is 2. The standard InChI is InChI=1S/C22H32N4O2S/c1-5-26(3)17-20-8-6-7-19(15-20)16-25-22(23-2)24-14-13-18-9-11-21(12-10-18)29(4,27)28/h6-12,15H,5,13-14,16-17H2,1-4H3,(H2,23,24,25). The predicted octanol–water partition coefficient (Wildman–Crippen LogP) is 2.45. The van der Waals surface area contributed by atoms with Gasteiger partial charge in [0.15, 0.2) is 15.8 Å². The molecule has 0 heterocycles. The van der Waals surface area contributed by atoms with Gasteiger partial charge in [-0.1, -0.05) is 43.3 Å². The summed E-state index contributed by atoms with van der Waals surface area (Å²) in [5.41, 5.74) is 3.59. The van der Waals surface area contributed by atoms with Crippen LogP contribution in [0.3, 0.4) is 0 Å². The molecule has 7 heteroatoms. The Morgan fingerprint density at radius 1 is 1.03 bits per heavy atom. The van der Waals surface area contributed by atoms with Crippen LogP contribution in [0.1, 0.15) is 23.6 Å². The lowest BCUT2D eigenvalue weighted by Crippen LogP contribution is -2.37. The second-order valence-corrected chi connectivity index (χ2v) is 9.18. The first-order chi connectivity index (χ1) is 13.8. The van der Waals surface area contributed by atoms with Gasteiger partial charge in [0.2, 0.25) is 0 Å². The summed E-state index contributed by atoms with van der Waals surface area (Å²) in [4.78, 5) is 6.89. The average molecular weight is 417 g/mol. The maximum absolute atomic E-state index is 11.5. The second kappa shape index (κ2) is 11.0. The van der Waals surface area contributed by atoms with E-state index in [9.17, 15) is 8.42 Å². The minimum absolute atomic E-state index is 0.346. The van der Waals surface area contributed by atoms with Crippen LogP contribution in [0.5, 0.6) is 0 Å². The first kappa shape index (κ1) is 22.9. The van der Waals surface area contributed by atoms with Crippen molar-refractivity contribution in [3.05, 3.63) is 65.2 Å². The third-order valence-corrected chi connectivity index (χ3v) is 5.85. The van der Waals surface area contributed by atoms with E-state index in [0.29, 0.717) is 18.0 Å². The fourth-order valence-corrected chi connectivity index (χ4v) is 3.53. The monoisotopic (exact) mass is 416 g/mol. The Balaban J connectivity index is 1.82. The Morgan fingerprint density at radius 3 is 2.34 bits per heavy atom. The molecule has 0 amide bonds. The number of guanidine groups is 1. The Kier molecular flexibility index (Phi) is 8.67. The Bertz CT molecular complexity index is 909. The zero-order valence-electron chi connectivity index (χ0n) is 17.8. The number of nitrogens with one attached hydrogen (secondary N) is 2. The normalized spacial score (nSPS) is 12.2. The highest BCUT2D eigenvalue weighted by Crippen LogP contribution is 2.10. The van der Waals surface area contributed by atoms with Crippen LogP contribution in [0.25, 0.3) is 0 Å². The summed E-state index contributed by atoms with van der Waals surface area (Å²) in [6.45, 7) is 5.53. The van der Waals surface area contributed by atoms with Crippen LogP contribution in [-0.2, 0) is 29.3 Å². The van der Waals surface area contributed by atoms with E-state index in [-0.39, 0.29) is 0 Å². The van der Waals surface area contributed by atoms with Crippen LogP contribution in [0.4, 0.5) is 0 Å². The molecular formula is C22H32N4O2S. The van der Waals surface area contributed by atoms with Crippen molar-refractivity contribution in [3.63, 3.8) is 0 Å². The molecule has 158 valence electrons. The molecule has 0 bridgehead atoms. The van der Waals surface area contributed by atoms with Gasteiger partial charge < -0.3 is 15.5 Å². The van der Waals surface area contributed by atoms with Crippen molar-refractivity contribution in [3.8, 4) is 0 Å². The molecule has 0 radical (unpaired) electrons. The van der Waals surface area contributed by atoms with E-state index in [0.717, 1.165) is 31.0 Å². The van der Waals surface area contributed by atoms with Gasteiger partial charge in [0.05, 0.1) is 4.90 Å². The molecule has 2 rings (SSSR count). The molecule has 29 heavy (non-hydrogen) atoms. The second-order valence-electron chi connectivity index (χ2n) is 7.17. The first-order valence-electron chi connectivity index (χ1n) is 9.81. The highest BCUT2D eigenvalue weighted by Gasteiger charge is 2.06. The maximum Gasteiger partial charge on any atom is 0.191 e. The van der Waals surface area contributed by atoms with Gasteiger partial charge in [0.25, 0.3) is 0 Å². The third kappa shape index (κ3) is 7.87. The maximum atomic E-state index is 11.5. The Morgan fingerprint density at radius 2 is 1.72 bits per heavy atom. The van der Waals surface area contributed by atoms with Gasteiger partial charge >= 0.3 is 0 Å². The highest BCUT2D eigenvalue weighted by molar-refractivity contribution is 7.90. The van der Waals surface area contributed by atoms with E-state index in [4.69, 9.17) is 0 Å². The van der Waals surface area contributed by atoms with Crippen molar-refractivity contribution >= 4 is 15.8 Å². The smallest absolute Gasteiger partial charge is 0.191 e. The van der Waals surface area contributed by atoms with Crippen LogP contribution < -0.4 is 10.6 Å². The van der Waals surface area contributed by atoms with Crippen LogP contribution in [-0.4, -0.2) is 52.7 Å². The van der Waals surface area contributed by atoms with Gasteiger partial charge in [0, 0.05) is 32.9 Å². The fraction of sp³-hybridized carbons (Fsp3) is 0.409. The number of hydrogen-bond acceptors (Lipinski definition) is 4. The van der Waals surface area contributed by atoms with Crippen LogP contribution >= 0.6 is 0 Å². The number of benzene rings is 2. The van der Waals surface area contributed by atoms with Crippen LogP contribution in [0, 0.1) is 0 Å². The zero-order chi connectivity index (χ0) is 21.3. The summed E-state index contributed by atoms with van der Waals surface area (Å²) in [5.74, 6) is 0.744. The van der Waals surface area contributed by atoms with Crippen molar-refractivity contribution in [1.29, 1.82) is 0 Å². The summed E-state index contributed by atoms with van der Waals surface area (Å²) in [7, 11) is 0.719. The average Bonchev–Trinajstić information content (AvgIpc) is 2.70. The van der Waals surface area contributed by atoms with E-state index >= 15 is 0 Å². The Labute approximate surface area is 175 Å². The molecule has 6 nitrogen and oxygen atoms in total. The number of rotatable bonds is 9. The summed E-state index contributed by atoms with van der Waals surface area (Å²) < 4.78 is 23.1. The molecule has 0 spiro atoms. The third-order valence-electron chi connectivity index (χ3n) is 4.72. The number of hydrogen-bond donors (Lipinski definition) is 2. The fourth-order valence-electron chi connectivity index (χ4n) is 2.90. The van der Waals surface area contributed by atoms with Crippen LogP contribution in [0.15, 0.2) is 58.4 Å². The topological polar surface area (TPSA) is 73.8 Å². The van der Waals surface area contributed by atoms with Gasteiger partial charge in [-0.3, -0.25) is 4.99 Å². The number of sulfone groups is 1. The van der Waals surface area contributed by atoms with Gasteiger partial charge in [-0.15, -0.1) is 0 Å². The quantitative estimate of drug-likeness (QED) is 0.485. The molecular weight excluding hydrogens is 384 g/mol. The molecule has 0 aliphatic heterocycles. The summed E-state index contributed by atoms with van der Waals surface area (Å²) in [6, 6.07) is 15.6. The molecule has 0 aromatic heterocycles. The molecule has 2 aromatic rings. The Hall–Kier alpha value is -2.38. The van der Waals surface area contributed by atoms with Crippen molar-refractivity contribution in [2.75, 3.05) is 33.4 Å². The van der Waals surface area contributed by atoms with Crippen molar-refractivity contribution < 1.29 is 8.42 Å². The minimum atomic E-state index is -3.15. The molecule has 0 atom stereocenters. The van der Waals surface area contributed by atoms with Crippen molar-refractivity contribution in [2.24, 2.45) is 4.99 Å². The SMILES string of the molecule is CCN(C)Cc1cccc(CNC(=NC)NCCc2ccc(S(C)(=O)=O)cc2)c1. The predicted molar refractivity (Wildman–Crippen MR) is 120 cm³/mol. The van der Waals surface area contributed by atoms with Gasteiger partial charge in [-0.2, -0.15) is 0 Å². The van der Waals surface area contributed by atoms with E-state index in [1.54, 1.807) is 19.2 Å². The summed E-state index contributed by atoms with van der Waals surface area (Å²) >= 11 is 0. The van der Waals surface area contributed by atoms with E-state index < -0.39 is 9.84 Å². The van der Waals surface area contributed by atoms with Crippen molar-refractivity contribution in [2.45, 2.75) is 31.3 Å². The van der Waals surface area contributed by atoms with E-state index in [2.05, 4.69) is 58.8 Å². The lowest BCUT2D eigenvalue weighted by molar-refractivity contribution is 0.345. The number of aliphatic imine (C=N–C) groups is 1. The lowest BCUT2D eigenvalue weighted by atomic mass is 10.1. The largest absolute Gasteiger partial charge is 0.356 e. The van der Waals surface area contributed by atoms with Gasteiger partial charge in [-0.05, 0) is 48.8 Å². The molecule has 0 unspecified atom stereocenters. The van der Waals surface area contributed by atoms with E-state index in [1.807, 2.05) is 12.1 Å². The molecule has 0 aliphatic carbocycles. The molecule has 0 fully saturated rings. The van der Waals surface area contributed by atoms with Gasteiger partial charge in [-0.25, -0.2) is 8.42 Å². The van der Waals surface area contributed by atoms with Crippen molar-refractivity contribution in [1.82, 2.24) is 15.5 Å².